The molecule has 100 valence electrons. The van der Waals surface area contributed by atoms with Gasteiger partial charge in [0.2, 0.25) is 5.91 Å². The van der Waals surface area contributed by atoms with E-state index in [0.717, 1.165) is 22.0 Å². The minimum absolute atomic E-state index is 0.148. The van der Waals surface area contributed by atoms with Crippen LogP contribution in [-0.2, 0) is 11.2 Å². The Balaban J connectivity index is 2.16. The first-order valence-electron chi connectivity index (χ1n) is 6.59. The van der Waals surface area contributed by atoms with Gasteiger partial charge in [-0.05, 0) is 25.5 Å². The molecule has 1 aromatic carbocycles. The average molecular weight is 256 g/mol. The predicted octanol–water partition coefficient (Wildman–Crippen LogP) is 3.14. The van der Waals surface area contributed by atoms with E-state index in [1.165, 1.54) is 0 Å². The number of benzene rings is 1. The van der Waals surface area contributed by atoms with Crippen LogP contribution in [0.5, 0.6) is 0 Å². The van der Waals surface area contributed by atoms with Gasteiger partial charge in [0, 0.05) is 30.2 Å². The summed E-state index contributed by atoms with van der Waals surface area (Å²) in [6, 6.07) is 8.05. The normalized spacial score (nSPS) is 10.6. The van der Waals surface area contributed by atoms with Crippen molar-refractivity contribution in [2.24, 2.45) is 0 Å². The Morgan fingerprint density at radius 3 is 2.79 bits per heavy atom. The highest BCUT2D eigenvalue weighted by atomic mass is 16.2. The molecule has 0 aliphatic rings. The number of fused-ring (bicyclic) bond motifs is 1. The summed E-state index contributed by atoms with van der Waals surface area (Å²) >= 11 is 0. The molecule has 19 heavy (non-hydrogen) atoms. The molecule has 1 aromatic heterocycles. The van der Waals surface area contributed by atoms with Crippen molar-refractivity contribution in [3.05, 3.63) is 48.2 Å². The highest BCUT2D eigenvalue weighted by Crippen LogP contribution is 2.18. The number of para-hydroxylation sites is 1. The van der Waals surface area contributed by atoms with E-state index in [4.69, 9.17) is 0 Å². The first-order valence-corrected chi connectivity index (χ1v) is 6.59. The summed E-state index contributed by atoms with van der Waals surface area (Å²) < 4.78 is 0. The van der Waals surface area contributed by atoms with Crippen LogP contribution in [0.4, 0.5) is 0 Å². The summed E-state index contributed by atoms with van der Waals surface area (Å²) in [4.78, 5) is 17.3. The highest BCUT2D eigenvalue weighted by Gasteiger charge is 2.14. The first-order chi connectivity index (χ1) is 9.11. The molecule has 0 aliphatic heterocycles. The van der Waals surface area contributed by atoms with Crippen molar-refractivity contribution >= 4 is 16.8 Å². The second-order valence-corrected chi connectivity index (χ2v) is 4.90. The Bertz CT molecular complexity index is 598. The monoisotopic (exact) mass is 256 g/mol. The number of nitrogens with one attached hydrogen (secondary N) is 1. The molecule has 0 radical (unpaired) electrons. The summed E-state index contributed by atoms with van der Waals surface area (Å²) in [6.07, 6.45) is 2.36. The summed E-state index contributed by atoms with van der Waals surface area (Å²) in [5.41, 5.74) is 3.14. The molecule has 0 spiro atoms. The number of rotatable bonds is 5. The van der Waals surface area contributed by atoms with Gasteiger partial charge in [0.15, 0.2) is 0 Å². The predicted molar refractivity (Wildman–Crippen MR) is 79.1 cm³/mol. The molecule has 0 fully saturated rings. The zero-order valence-corrected chi connectivity index (χ0v) is 11.6. The Hall–Kier alpha value is -2.03. The van der Waals surface area contributed by atoms with E-state index in [1.54, 1.807) is 0 Å². The zero-order valence-electron chi connectivity index (χ0n) is 11.6. The van der Waals surface area contributed by atoms with E-state index < -0.39 is 0 Å². The summed E-state index contributed by atoms with van der Waals surface area (Å²) in [7, 11) is 0. The quantitative estimate of drug-likeness (QED) is 0.820. The molecular formula is C16H20N2O. The van der Waals surface area contributed by atoms with E-state index in [1.807, 2.05) is 49.2 Å². The van der Waals surface area contributed by atoms with E-state index in [9.17, 15) is 4.79 Å². The molecule has 0 aliphatic carbocycles. The van der Waals surface area contributed by atoms with Gasteiger partial charge in [-0.2, -0.15) is 0 Å². The maximum Gasteiger partial charge on any atom is 0.227 e. The molecule has 2 rings (SSSR count). The zero-order chi connectivity index (χ0) is 13.8. The maximum atomic E-state index is 12.3. The van der Waals surface area contributed by atoms with Crippen LogP contribution in [0.25, 0.3) is 10.9 Å². The van der Waals surface area contributed by atoms with Gasteiger partial charge in [0.05, 0.1) is 6.42 Å². The SMILES string of the molecule is C=C(C)CN(CC)C(=O)Cc1c[nH]c2ccccc12. The molecule has 3 heteroatoms. The fourth-order valence-electron chi connectivity index (χ4n) is 2.25. The van der Waals surface area contributed by atoms with Crippen molar-refractivity contribution in [2.75, 3.05) is 13.1 Å². The molecule has 0 bridgehead atoms. The van der Waals surface area contributed by atoms with E-state index >= 15 is 0 Å². The molecule has 0 saturated carbocycles. The number of aromatic amines is 1. The first kappa shape index (κ1) is 13.4. The van der Waals surface area contributed by atoms with Gasteiger partial charge < -0.3 is 9.88 Å². The van der Waals surface area contributed by atoms with Gasteiger partial charge in [-0.15, -0.1) is 0 Å². The number of hydrogen-bond donors (Lipinski definition) is 1. The van der Waals surface area contributed by atoms with Crippen molar-refractivity contribution < 1.29 is 4.79 Å². The number of nitrogens with zero attached hydrogens (tertiary/aromatic N) is 1. The Labute approximate surface area is 113 Å². The number of carbonyl (C=O) groups is 1. The Morgan fingerprint density at radius 1 is 1.37 bits per heavy atom. The second-order valence-electron chi connectivity index (χ2n) is 4.90. The Morgan fingerprint density at radius 2 is 2.11 bits per heavy atom. The van der Waals surface area contributed by atoms with Gasteiger partial charge in [-0.25, -0.2) is 0 Å². The van der Waals surface area contributed by atoms with Crippen LogP contribution in [0, 0.1) is 0 Å². The van der Waals surface area contributed by atoms with Gasteiger partial charge in [0.25, 0.3) is 0 Å². The molecule has 0 saturated heterocycles. The topological polar surface area (TPSA) is 36.1 Å². The standard InChI is InChI=1S/C16H20N2O/c1-4-18(11-12(2)3)16(19)9-13-10-17-15-8-6-5-7-14(13)15/h5-8,10,17H,2,4,9,11H2,1,3H3. The number of carbonyl (C=O) groups excluding carboxylic acids is 1. The van der Waals surface area contributed by atoms with Gasteiger partial charge in [-0.3, -0.25) is 4.79 Å². The maximum absolute atomic E-state index is 12.3. The van der Waals surface area contributed by atoms with Crippen molar-refractivity contribution in [1.29, 1.82) is 0 Å². The third-order valence-electron chi connectivity index (χ3n) is 3.21. The molecule has 2 aromatic rings. The number of hydrogen-bond acceptors (Lipinski definition) is 1. The van der Waals surface area contributed by atoms with Crippen LogP contribution >= 0.6 is 0 Å². The molecule has 0 unspecified atom stereocenters. The number of H-pyrrole nitrogens is 1. The fraction of sp³-hybridized carbons (Fsp3) is 0.312. The summed E-state index contributed by atoms with van der Waals surface area (Å²) in [5.74, 6) is 0.148. The van der Waals surface area contributed by atoms with Gasteiger partial charge in [0.1, 0.15) is 0 Å². The number of amides is 1. The molecule has 1 N–H and O–H groups in total. The van der Waals surface area contributed by atoms with E-state index in [0.29, 0.717) is 19.5 Å². The number of aromatic nitrogens is 1. The van der Waals surface area contributed by atoms with Crippen molar-refractivity contribution in [1.82, 2.24) is 9.88 Å². The van der Waals surface area contributed by atoms with Crippen LogP contribution in [0.2, 0.25) is 0 Å². The van der Waals surface area contributed by atoms with E-state index in [-0.39, 0.29) is 5.91 Å². The van der Waals surface area contributed by atoms with Crippen molar-refractivity contribution in [2.45, 2.75) is 20.3 Å². The minimum Gasteiger partial charge on any atom is -0.361 e. The lowest BCUT2D eigenvalue weighted by atomic mass is 10.1. The molecule has 1 heterocycles. The lowest BCUT2D eigenvalue weighted by Gasteiger charge is -2.20. The van der Waals surface area contributed by atoms with E-state index in [2.05, 4.69) is 11.6 Å². The molecular weight excluding hydrogens is 236 g/mol. The minimum atomic E-state index is 0.148. The molecule has 1 amide bonds. The number of likely N-dealkylation sites (N-methyl/N-ethyl adjacent to an activating group) is 1. The summed E-state index contributed by atoms with van der Waals surface area (Å²) in [5, 5.41) is 1.13. The Kier molecular flexibility index (Phi) is 4.05. The lowest BCUT2D eigenvalue weighted by Crippen LogP contribution is -2.33. The van der Waals surface area contributed by atoms with Gasteiger partial charge in [-0.1, -0.05) is 30.4 Å². The van der Waals surface area contributed by atoms with Gasteiger partial charge >= 0.3 is 0 Å². The van der Waals surface area contributed by atoms with Crippen molar-refractivity contribution in [3.8, 4) is 0 Å². The van der Waals surface area contributed by atoms with Crippen molar-refractivity contribution in [3.63, 3.8) is 0 Å². The van der Waals surface area contributed by atoms with Crippen LogP contribution in [0.15, 0.2) is 42.6 Å². The molecule has 3 nitrogen and oxygen atoms in total. The second kappa shape index (κ2) is 5.74. The highest BCUT2D eigenvalue weighted by molar-refractivity contribution is 5.88. The fourth-order valence-corrected chi connectivity index (χ4v) is 2.25. The largest absolute Gasteiger partial charge is 0.361 e. The molecule has 0 atom stereocenters. The van der Waals surface area contributed by atoms with Crippen LogP contribution in [0.1, 0.15) is 19.4 Å². The smallest absolute Gasteiger partial charge is 0.227 e. The third-order valence-corrected chi connectivity index (χ3v) is 3.21. The van der Waals surface area contributed by atoms with Crippen LogP contribution in [-0.4, -0.2) is 28.9 Å². The summed E-state index contributed by atoms with van der Waals surface area (Å²) in [6.45, 7) is 9.17. The van der Waals surface area contributed by atoms with Crippen LogP contribution in [0.3, 0.4) is 0 Å². The lowest BCUT2D eigenvalue weighted by molar-refractivity contribution is -0.129. The third kappa shape index (κ3) is 3.05. The average Bonchev–Trinajstić information content (AvgIpc) is 2.79. The van der Waals surface area contributed by atoms with Crippen LogP contribution < -0.4 is 0 Å².